The molecule has 4 rings (SSSR count). The minimum Gasteiger partial charge on any atom is -0.393 e. The van der Waals surface area contributed by atoms with E-state index in [2.05, 4.69) is 27.3 Å². The number of aromatic nitrogens is 4. The zero-order valence-electron chi connectivity index (χ0n) is 13.8. The molecule has 0 aliphatic rings. The quantitative estimate of drug-likeness (QED) is 0.536. The van der Waals surface area contributed by atoms with Gasteiger partial charge in [0, 0.05) is 22.3 Å². The van der Waals surface area contributed by atoms with Crippen LogP contribution in [0.1, 0.15) is 6.92 Å². The largest absolute Gasteiger partial charge is 0.393 e. The van der Waals surface area contributed by atoms with Crippen molar-refractivity contribution in [2.45, 2.75) is 18.2 Å². The van der Waals surface area contributed by atoms with Crippen LogP contribution in [0.5, 0.6) is 0 Å². The second-order valence-corrected chi connectivity index (χ2v) is 6.89. The predicted molar refractivity (Wildman–Crippen MR) is 101 cm³/mol. The molecule has 6 heteroatoms. The topological polar surface area (TPSA) is 66.7 Å². The van der Waals surface area contributed by atoms with E-state index < -0.39 is 6.10 Å². The van der Waals surface area contributed by atoms with Crippen LogP contribution in [0.3, 0.4) is 0 Å². The summed E-state index contributed by atoms with van der Waals surface area (Å²) in [5.41, 5.74) is 2.98. The molecule has 4 aromatic rings. The number of rotatable bonds is 5. The number of aromatic amines is 1. The predicted octanol–water partition coefficient (Wildman–Crippen LogP) is 3.89. The summed E-state index contributed by atoms with van der Waals surface area (Å²) in [6.45, 7) is 1.77. The van der Waals surface area contributed by atoms with Crippen molar-refractivity contribution in [3.05, 3.63) is 60.7 Å². The van der Waals surface area contributed by atoms with Gasteiger partial charge in [0.05, 0.1) is 11.8 Å². The van der Waals surface area contributed by atoms with Crippen molar-refractivity contribution in [3.8, 4) is 17.2 Å². The van der Waals surface area contributed by atoms with Crippen molar-refractivity contribution in [2.24, 2.45) is 0 Å². The van der Waals surface area contributed by atoms with Gasteiger partial charge in [0.15, 0.2) is 11.0 Å². The molecule has 2 aromatic heterocycles. The molecule has 0 aliphatic carbocycles. The van der Waals surface area contributed by atoms with Gasteiger partial charge in [0.2, 0.25) is 0 Å². The van der Waals surface area contributed by atoms with Gasteiger partial charge < -0.3 is 10.1 Å². The Balaban J connectivity index is 1.84. The summed E-state index contributed by atoms with van der Waals surface area (Å²) in [7, 11) is 0. The molecule has 2 heterocycles. The van der Waals surface area contributed by atoms with Crippen molar-refractivity contribution >= 4 is 22.7 Å². The van der Waals surface area contributed by atoms with Crippen LogP contribution in [-0.4, -0.2) is 36.7 Å². The number of aliphatic hydroxyl groups excluding tert-OH is 1. The molecule has 126 valence electrons. The summed E-state index contributed by atoms with van der Waals surface area (Å²) in [6, 6.07) is 20.3. The summed E-state index contributed by atoms with van der Waals surface area (Å²) < 4.78 is 2.03. The lowest BCUT2D eigenvalue weighted by Gasteiger charge is -2.10. The fraction of sp³-hybridized carbons (Fsp3) is 0.158. The van der Waals surface area contributed by atoms with Crippen LogP contribution in [0.4, 0.5) is 0 Å². The van der Waals surface area contributed by atoms with Crippen LogP contribution in [0.2, 0.25) is 0 Å². The van der Waals surface area contributed by atoms with Crippen LogP contribution in [0, 0.1) is 0 Å². The molecule has 0 fully saturated rings. The van der Waals surface area contributed by atoms with Gasteiger partial charge in [-0.2, -0.15) is 0 Å². The first-order chi connectivity index (χ1) is 12.2. The minimum absolute atomic E-state index is 0.401. The van der Waals surface area contributed by atoms with Gasteiger partial charge in [-0.3, -0.25) is 4.57 Å². The fourth-order valence-electron chi connectivity index (χ4n) is 2.74. The van der Waals surface area contributed by atoms with Crippen molar-refractivity contribution in [1.29, 1.82) is 0 Å². The van der Waals surface area contributed by atoms with Crippen LogP contribution in [0.15, 0.2) is 65.8 Å². The Labute approximate surface area is 149 Å². The van der Waals surface area contributed by atoms with Crippen molar-refractivity contribution in [3.63, 3.8) is 0 Å². The van der Waals surface area contributed by atoms with E-state index in [0.717, 1.165) is 33.3 Å². The highest BCUT2D eigenvalue weighted by atomic mass is 32.2. The molecule has 2 aromatic carbocycles. The summed E-state index contributed by atoms with van der Waals surface area (Å²) in [6.07, 6.45) is -0.401. The third-order valence-electron chi connectivity index (χ3n) is 3.87. The zero-order valence-corrected chi connectivity index (χ0v) is 14.6. The maximum absolute atomic E-state index is 9.61. The lowest BCUT2D eigenvalue weighted by Crippen LogP contribution is -2.05. The maximum atomic E-state index is 9.61. The zero-order chi connectivity index (χ0) is 17.2. The molecule has 0 amide bonds. The van der Waals surface area contributed by atoms with Gasteiger partial charge in [-0.1, -0.05) is 48.2 Å². The Morgan fingerprint density at radius 2 is 1.84 bits per heavy atom. The highest BCUT2D eigenvalue weighted by Gasteiger charge is 2.18. The molecular weight excluding hydrogens is 332 g/mol. The fourth-order valence-corrected chi connectivity index (χ4v) is 3.55. The standard InChI is InChI=1S/C19H18N4OS/c1-13(24)12-25-19-22-21-18(23(19)15-8-3-2-4-9-15)17-11-14-7-5-6-10-16(14)20-17/h2-11,13,20,24H,12H2,1H3. The van der Waals surface area contributed by atoms with Gasteiger partial charge in [-0.15, -0.1) is 10.2 Å². The molecule has 0 radical (unpaired) electrons. The van der Waals surface area contributed by atoms with Crippen molar-refractivity contribution in [2.75, 3.05) is 5.75 Å². The molecule has 1 unspecified atom stereocenters. The van der Waals surface area contributed by atoms with E-state index in [4.69, 9.17) is 0 Å². The maximum Gasteiger partial charge on any atom is 0.196 e. The normalized spacial score (nSPS) is 12.6. The van der Waals surface area contributed by atoms with Crippen molar-refractivity contribution in [1.82, 2.24) is 19.7 Å². The van der Waals surface area contributed by atoms with Gasteiger partial charge in [0.1, 0.15) is 0 Å². The van der Waals surface area contributed by atoms with Crippen LogP contribution in [0.25, 0.3) is 28.1 Å². The number of hydrogen-bond donors (Lipinski definition) is 2. The van der Waals surface area contributed by atoms with E-state index in [0.29, 0.717) is 5.75 Å². The highest BCUT2D eigenvalue weighted by molar-refractivity contribution is 7.99. The van der Waals surface area contributed by atoms with Crippen LogP contribution < -0.4 is 0 Å². The van der Waals surface area contributed by atoms with Gasteiger partial charge >= 0.3 is 0 Å². The number of benzene rings is 2. The molecule has 0 saturated carbocycles. The van der Waals surface area contributed by atoms with Crippen molar-refractivity contribution < 1.29 is 5.11 Å². The van der Waals surface area contributed by atoms with E-state index in [9.17, 15) is 5.11 Å². The molecule has 0 spiro atoms. The lowest BCUT2D eigenvalue weighted by atomic mass is 10.2. The number of nitrogens with one attached hydrogen (secondary N) is 1. The Kier molecular flexibility index (Phi) is 4.29. The molecule has 0 bridgehead atoms. The first-order valence-electron chi connectivity index (χ1n) is 8.12. The van der Waals surface area contributed by atoms with E-state index in [1.54, 1.807) is 6.92 Å². The Morgan fingerprint density at radius 3 is 2.60 bits per heavy atom. The summed E-state index contributed by atoms with van der Waals surface area (Å²) in [4.78, 5) is 3.42. The lowest BCUT2D eigenvalue weighted by molar-refractivity contribution is 0.220. The third-order valence-corrected chi connectivity index (χ3v) is 5.04. The Bertz CT molecular complexity index is 958. The van der Waals surface area contributed by atoms with Crippen LogP contribution in [-0.2, 0) is 0 Å². The average molecular weight is 350 g/mol. The molecule has 0 saturated heterocycles. The van der Waals surface area contributed by atoms with E-state index >= 15 is 0 Å². The summed E-state index contributed by atoms with van der Waals surface area (Å²) in [5.74, 6) is 1.33. The van der Waals surface area contributed by atoms with E-state index in [1.807, 2.05) is 53.1 Å². The first kappa shape index (κ1) is 15.9. The minimum atomic E-state index is -0.401. The molecule has 25 heavy (non-hydrogen) atoms. The van der Waals surface area contributed by atoms with Gasteiger partial charge in [-0.05, 0) is 31.2 Å². The number of thioether (sulfide) groups is 1. The monoisotopic (exact) mass is 350 g/mol. The molecule has 5 nitrogen and oxygen atoms in total. The second-order valence-electron chi connectivity index (χ2n) is 5.91. The third kappa shape index (κ3) is 3.18. The SMILES string of the molecule is CC(O)CSc1nnc(-c2cc3ccccc3[nH]2)n1-c1ccccc1. The number of hydrogen-bond acceptors (Lipinski definition) is 4. The smallest absolute Gasteiger partial charge is 0.196 e. The first-order valence-corrected chi connectivity index (χ1v) is 9.11. The number of fused-ring (bicyclic) bond motifs is 1. The Morgan fingerprint density at radius 1 is 1.08 bits per heavy atom. The molecule has 0 aliphatic heterocycles. The average Bonchev–Trinajstić information content (AvgIpc) is 3.24. The number of nitrogens with zero attached hydrogens (tertiary/aromatic N) is 3. The number of aliphatic hydroxyl groups is 1. The van der Waals surface area contributed by atoms with Gasteiger partial charge in [-0.25, -0.2) is 0 Å². The molecule has 2 N–H and O–H groups in total. The number of para-hydroxylation sites is 2. The molecular formula is C19H18N4OS. The number of H-pyrrole nitrogens is 1. The second kappa shape index (κ2) is 6.74. The van der Waals surface area contributed by atoms with Gasteiger partial charge in [0.25, 0.3) is 0 Å². The summed E-state index contributed by atoms with van der Waals surface area (Å²) >= 11 is 1.50. The van der Waals surface area contributed by atoms with E-state index in [-0.39, 0.29) is 0 Å². The van der Waals surface area contributed by atoms with Crippen LogP contribution >= 0.6 is 11.8 Å². The summed E-state index contributed by atoms with van der Waals surface area (Å²) in [5, 5.41) is 20.3. The molecule has 1 atom stereocenters. The highest BCUT2D eigenvalue weighted by Crippen LogP contribution is 2.29. The van der Waals surface area contributed by atoms with E-state index in [1.165, 1.54) is 11.8 Å². The Hall–Kier alpha value is -2.57.